The zero-order valence-corrected chi connectivity index (χ0v) is 13.6. The summed E-state index contributed by atoms with van der Waals surface area (Å²) in [5, 5.41) is 12.5. The number of hydrogen-bond donors (Lipinski definition) is 0. The Morgan fingerprint density at radius 3 is 3.13 bits per heavy atom. The van der Waals surface area contributed by atoms with Gasteiger partial charge >= 0.3 is 0 Å². The third kappa shape index (κ3) is 3.04. The second-order valence-corrected chi connectivity index (χ2v) is 6.64. The summed E-state index contributed by atoms with van der Waals surface area (Å²) in [6.07, 6.45) is 5.61. The van der Waals surface area contributed by atoms with E-state index < -0.39 is 0 Å². The fourth-order valence-electron chi connectivity index (χ4n) is 2.74. The van der Waals surface area contributed by atoms with Crippen LogP contribution in [0.3, 0.4) is 0 Å². The predicted molar refractivity (Wildman–Crippen MR) is 85.7 cm³/mol. The summed E-state index contributed by atoms with van der Waals surface area (Å²) in [5.41, 5.74) is 1.23. The first kappa shape index (κ1) is 14.5. The quantitative estimate of drug-likeness (QED) is 0.726. The second-order valence-electron chi connectivity index (χ2n) is 5.49. The van der Waals surface area contributed by atoms with Crippen molar-refractivity contribution in [2.24, 2.45) is 7.05 Å². The molecule has 1 atom stereocenters. The maximum absolute atomic E-state index is 5.73. The molecule has 0 saturated carbocycles. The van der Waals surface area contributed by atoms with Gasteiger partial charge in [0.05, 0.1) is 19.0 Å². The molecule has 120 valence electrons. The molecule has 1 saturated heterocycles. The lowest BCUT2D eigenvalue weighted by atomic mass is 10.1. The second kappa shape index (κ2) is 6.21. The molecular formula is C15H17N5O2S. The van der Waals surface area contributed by atoms with E-state index in [4.69, 9.17) is 8.83 Å². The largest absolute Gasteiger partial charge is 0.459 e. The lowest BCUT2D eigenvalue weighted by molar-refractivity contribution is 0.192. The average Bonchev–Trinajstić information content (AvgIpc) is 3.28. The summed E-state index contributed by atoms with van der Waals surface area (Å²) in [7, 11) is 1.94. The molecule has 4 rings (SSSR count). The van der Waals surface area contributed by atoms with Crippen molar-refractivity contribution in [3.8, 4) is 11.7 Å². The maximum atomic E-state index is 5.73. The number of aryl methyl sites for hydroxylation is 1. The van der Waals surface area contributed by atoms with Gasteiger partial charge in [-0.3, -0.25) is 9.58 Å². The molecule has 0 bridgehead atoms. The van der Waals surface area contributed by atoms with Gasteiger partial charge in [-0.15, -0.1) is 10.2 Å². The van der Waals surface area contributed by atoms with Crippen molar-refractivity contribution in [2.75, 3.05) is 18.1 Å². The highest BCUT2D eigenvalue weighted by Gasteiger charge is 2.27. The van der Waals surface area contributed by atoms with E-state index in [1.54, 1.807) is 12.3 Å². The SMILES string of the molecule is Cn1cc([C@@H]2CSCCN2Cc2nnc(-c3ccco3)o2)cn1. The summed E-state index contributed by atoms with van der Waals surface area (Å²) in [6.45, 7) is 1.62. The molecule has 3 aromatic rings. The Morgan fingerprint density at radius 1 is 1.39 bits per heavy atom. The van der Waals surface area contributed by atoms with Gasteiger partial charge in [-0.25, -0.2) is 0 Å². The molecule has 8 heteroatoms. The highest BCUT2D eigenvalue weighted by Crippen LogP contribution is 2.30. The van der Waals surface area contributed by atoms with Crippen molar-refractivity contribution in [3.05, 3.63) is 42.2 Å². The van der Waals surface area contributed by atoms with Crippen LogP contribution < -0.4 is 0 Å². The zero-order chi connectivity index (χ0) is 15.6. The monoisotopic (exact) mass is 331 g/mol. The standard InChI is InChI=1S/C15H17N5O2S/c1-19-8-11(7-16-19)12-10-23-6-4-20(12)9-14-17-18-15(22-14)13-3-2-5-21-13/h2-3,5,7-8,12H,4,6,9-10H2,1H3/t12-/m0/s1. The highest BCUT2D eigenvalue weighted by molar-refractivity contribution is 7.99. The number of rotatable bonds is 4. The molecule has 1 aliphatic heterocycles. The Kier molecular flexibility index (Phi) is 3.92. The van der Waals surface area contributed by atoms with E-state index in [-0.39, 0.29) is 0 Å². The van der Waals surface area contributed by atoms with Gasteiger partial charge in [0.1, 0.15) is 0 Å². The average molecular weight is 331 g/mol. The van der Waals surface area contributed by atoms with Crippen molar-refractivity contribution in [3.63, 3.8) is 0 Å². The van der Waals surface area contributed by atoms with Crippen LogP contribution in [-0.2, 0) is 13.6 Å². The minimum atomic E-state index is 0.321. The zero-order valence-electron chi connectivity index (χ0n) is 12.8. The van der Waals surface area contributed by atoms with Gasteiger partial charge in [0.2, 0.25) is 5.89 Å². The molecule has 3 aromatic heterocycles. The third-order valence-electron chi connectivity index (χ3n) is 3.89. The van der Waals surface area contributed by atoms with Crippen LogP contribution in [0, 0.1) is 0 Å². The molecule has 0 N–H and O–H groups in total. The van der Waals surface area contributed by atoms with E-state index >= 15 is 0 Å². The third-order valence-corrected chi connectivity index (χ3v) is 4.91. The van der Waals surface area contributed by atoms with Gasteiger partial charge in [-0.05, 0) is 12.1 Å². The molecule has 0 aromatic carbocycles. The van der Waals surface area contributed by atoms with E-state index in [1.165, 1.54) is 5.56 Å². The van der Waals surface area contributed by atoms with E-state index in [0.29, 0.717) is 30.1 Å². The Balaban J connectivity index is 1.52. The van der Waals surface area contributed by atoms with E-state index in [1.807, 2.05) is 35.8 Å². The number of nitrogens with zero attached hydrogens (tertiary/aromatic N) is 5. The maximum Gasteiger partial charge on any atom is 0.283 e. The minimum absolute atomic E-state index is 0.321. The molecule has 7 nitrogen and oxygen atoms in total. The van der Waals surface area contributed by atoms with Crippen molar-refractivity contribution in [1.29, 1.82) is 0 Å². The van der Waals surface area contributed by atoms with Crippen LogP contribution in [0.2, 0.25) is 0 Å². The highest BCUT2D eigenvalue weighted by atomic mass is 32.2. The summed E-state index contributed by atoms with van der Waals surface area (Å²) >= 11 is 1.96. The Morgan fingerprint density at radius 2 is 2.35 bits per heavy atom. The first-order valence-electron chi connectivity index (χ1n) is 7.46. The van der Waals surface area contributed by atoms with Crippen LogP contribution in [0.4, 0.5) is 0 Å². The van der Waals surface area contributed by atoms with E-state index in [2.05, 4.69) is 26.4 Å². The lowest BCUT2D eigenvalue weighted by Gasteiger charge is -2.33. The molecule has 4 heterocycles. The van der Waals surface area contributed by atoms with E-state index in [0.717, 1.165) is 18.1 Å². The summed E-state index contributed by atoms with van der Waals surface area (Å²) < 4.78 is 12.9. The lowest BCUT2D eigenvalue weighted by Crippen LogP contribution is -2.35. The molecule has 0 aliphatic carbocycles. The molecule has 0 amide bonds. The number of furan rings is 1. The van der Waals surface area contributed by atoms with E-state index in [9.17, 15) is 0 Å². The molecule has 1 aliphatic rings. The van der Waals surface area contributed by atoms with Crippen molar-refractivity contribution in [1.82, 2.24) is 24.9 Å². The first-order valence-corrected chi connectivity index (χ1v) is 8.61. The minimum Gasteiger partial charge on any atom is -0.459 e. The summed E-state index contributed by atoms with van der Waals surface area (Å²) in [5.74, 6) is 3.79. The Hall–Kier alpha value is -2.06. The smallest absolute Gasteiger partial charge is 0.283 e. The number of thioether (sulfide) groups is 1. The van der Waals surface area contributed by atoms with Crippen LogP contribution >= 0.6 is 11.8 Å². The summed E-state index contributed by atoms with van der Waals surface area (Å²) in [4.78, 5) is 2.37. The van der Waals surface area contributed by atoms with Gasteiger partial charge in [0.25, 0.3) is 5.89 Å². The molecule has 23 heavy (non-hydrogen) atoms. The molecular weight excluding hydrogens is 314 g/mol. The number of aromatic nitrogens is 4. The van der Waals surface area contributed by atoms with Crippen LogP contribution in [0.15, 0.2) is 39.6 Å². The molecule has 1 fully saturated rings. The molecule has 0 spiro atoms. The van der Waals surface area contributed by atoms with Gasteiger partial charge in [0, 0.05) is 42.9 Å². The fraction of sp³-hybridized carbons (Fsp3) is 0.400. The summed E-state index contributed by atoms with van der Waals surface area (Å²) in [6, 6.07) is 3.94. The topological polar surface area (TPSA) is 73.1 Å². The Labute approximate surface area is 137 Å². The fourth-order valence-corrected chi connectivity index (χ4v) is 3.89. The Bertz CT molecular complexity index is 767. The van der Waals surface area contributed by atoms with Crippen molar-refractivity contribution in [2.45, 2.75) is 12.6 Å². The van der Waals surface area contributed by atoms with Crippen molar-refractivity contribution < 1.29 is 8.83 Å². The van der Waals surface area contributed by atoms with Gasteiger partial charge < -0.3 is 8.83 Å². The van der Waals surface area contributed by atoms with Crippen LogP contribution in [0.25, 0.3) is 11.7 Å². The predicted octanol–water partition coefficient (Wildman–Crippen LogP) is 2.35. The van der Waals surface area contributed by atoms with Gasteiger partial charge in [-0.2, -0.15) is 16.9 Å². The van der Waals surface area contributed by atoms with Gasteiger partial charge in [-0.1, -0.05) is 0 Å². The molecule has 0 unspecified atom stereocenters. The van der Waals surface area contributed by atoms with Crippen molar-refractivity contribution >= 4 is 11.8 Å². The normalized spacial score (nSPS) is 19.3. The van der Waals surface area contributed by atoms with Crippen LogP contribution in [0.5, 0.6) is 0 Å². The first-order chi connectivity index (χ1) is 11.3. The van der Waals surface area contributed by atoms with Crippen LogP contribution in [-0.4, -0.2) is 42.9 Å². The molecule has 0 radical (unpaired) electrons. The van der Waals surface area contributed by atoms with Gasteiger partial charge in [0.15, 0.2) is 5.76 Å². The number of hydrogen-bond acceptors (Lipinski definition) is 7. The van der Waals surface area contributed by atoms with Crippen LogP contribution in [0.1, 0.15) is 17.5 Å².